The Morgan fingerprint density at radius 3 is 2.53 bits per heavy atom. The van der Waals surface area contributed by atoms with Gasteiger partial charge >= 0.3 is 0 Å². The molecule has 158 valence electrons. The van der Waals surface area contributed by atoms with E-state index in [0.717, 1.165) is 4.70 Å². The molecule has 1 aliphatic rings. The van der Waals surface area contributed by atoms with E-state index >= 15 is 0 Å². The fraction of sp³-hybridized carbons (Fsp3) is 0.364. The van der Waals surface area contributed by atoms with Crippen molar-refractivity contribution in [1.29, 1.82) is 0 Å². The highest BCUT2D eigenvalue weighted by atomic mass is 32.2. The van der Waals surface area contributed by atoms with Crippen molar-refractivity contribution in [3.8, 4) is 0 Å². The topological polar surface area (TPSA) is 88.2 Å². The maximum absolute atomic E-state index is 12.8. The monoisotopic (exact) mass is 443 g/mol. The predicted octanol–water partition coefficient (Wildman–Crippen LogP) is 5.49. The van der Waals surface area contributed by atoms with E-state index in [0.29, 0.717) is 28.7 Å². The second-order valence-electron chi connectivity index (χ2n) is 7.61. The average molecular weight is 444 g/mol. The van der Waals surface area contributed by atoms with Crippen LogP contribution >= 0.6 is 11.3 Å². The van der Waals surface area contributed by atoms with E-state index in [4.69, 9.17) is 0 Å². The lowest BCUT2D eigenvalue weighted by Gasteiger charge is -2.22. The van der Waals surface area contributed by atoms with Crippen LogP contribution in [0.3, 0.4) is 0 Å². The second kappa shape index (κ2) is 8.73. The summed E-state index contributed by atoms with van der Waals surface area (Å²) in [7, 11) is -3.68. The second-order valence-corrected chi connectivity index (χ2v) is 10.3. The molecule has 0 bridgehead atoms. The van der Waals surface area contributed by atoms with Gasteiger partial charge in [0.2, 0.25) is 5.91 Å². The van der Waals surface area contributed by atoms with Crippen molar-refractivity contribution in [3.05, 3.63) is 48.0 Å². The molecule has 8 heteroatoms. The number of rotatable bonds is 6. The maximum Gasteiger partial charge on any atom is 0.261 e. The number of aromatic nitrogens is 1. The zero-order chi connectivity index (χ0) is 21.1. The predicted molar refractivity (Wildman–Crippen MR) is 122 cm³/mol. The molecule has 1 aliphatic carbocycles. The smallest absolute Gasteiger partial charge is 0.261 e. The summed E-state index contributed by atoms with van der Waals surface area (Å²) in [5.41, 5.74) is 2.41. The van der Waals surface area contributed by atoms with Gasteiger partial charge in [0.05, 0.1) is 20.8 Å². The first-order valence-electron chi connectivity index (χ1n) is 10.3. The van der Waals surface area contributed by atoms with Crippen LogP contribution in [0.15, 0.2) is 47.4 Å². The molecule has 6 nitrogen and oxygen atoms in total. The van der Waals surface area contributed by atoms with Crippen LogP contribution in [0.5, 0.6) is 0 Å². The first kappa shape index (κ1) is 20.8. The van der Waals surface area contributed by atoms with Crippen LogP contribution in [-0.2, 0) is 14.8 Å². The molecule has 4 rings (SSSR count). The summed E-state index contributed by atoms with van der Waals surface area (Å²) in [5, 5.41) is 3.25. The Labute approximate surface area is 180 Å². The third-order valence-electron chi connectivity index (χ3n) is 5.48. The molecule has 30 heavy (non-hydrogen) atoms. The van der Waals surface area contributed by atoms with Crippen LogP contribution in [-0.4, -0.2) is 19.3 Å². The normalized spacial score (nSPS) is 15.2. The zero-order valence-electron chi connectivity index (χ0n) is 16.8. The molecule has 0 spiro atoms. The van der Waals surface area contributed by atoms with Gasteiger partial charge in [-0.05, 0) is 54.7 Å². The van der Waals surface area contributed by atoms with Crippen LogP contribution in [0.4, 0.5) is 10.8 Å². The highest BCUT2D eigenvalue weighted by Crippen LogP contribution is 2.33. The Kier molecular flexibility index (Phi) is 6.06. The van der Waals surface area contributed by atoms with E-state index in [1.165, 1.54) is 49.0 Å². The lowest BCUT2D eigenvalue weighted by molar-refractivity contribution is -0.115. The van der Waals surface area contributed by atoms with E-state index in [9.17, 15) is 13.2 Å². The molecule has 2 aromatic carbocycles. The standard InChI is InChI=1S/C22H25N3O3S2/c1-2-21(26)24-22-23-19-13-10-17(14-20(19)29-22)25-30(27,28)18-11-8-16(9-12-18)15-6-4-3-5-7-15/h8-15,25H,2-7H2,1H3,(H,23,24,26). The summed E-state index contributed by atoms with van der Waals surface area (Å²) in [4.78, 5) is 16.2. The SMILES string of the molecule is CCC(=O)Nc1nc2ccc(NS(=O)(=O)c3ccc(C4CCCCC4)cc3)cc2s1. The van der Waals surface area contributed by atoms with E-state index < -0.39 is 10.0 Å². The molecule has 0 atom stereocenters. The highest BCUT2D eigenvalue weighted by molar-refractivity contribution is 7.92. The number of fused-ring (bicyclic) bond motifs is 1. The van der Waals surface area contributed by atoms with Gasteiger partial charge in [-0.2, -0.15) is 0 Å². The Morgan fingerprint density at radius 1 is 1.10 bits per heavy atom. The maximum atomic E-state index is 12.8. The molecule has 1 amide bonds. The van der Waals surface area contributed by atoms with Crippen LogP contribution in [0.1, 0.15) is 56.9 Å². The number of carbonyl (C=O) groups excluding carboxylic acids is 1. The summed E-state index contributed by atoms with van der Waals surface area (Å²) >= 11 is 1.32. The molecular formula is C22H25N3O3S2. The molecule has 0 radical (unpaired) electrons. The number of carbonyl (C=O) groups is 1. The van der Waals surface area contributed by atoms with Crippen LogP contribution in [0, 0.1) is 0 Å². The van der Waals surface area contributed by atoms with Gasteiger partial charge in [0.1, 0.15) is 0 Å². The summed E-state index contributed by atoms with van der Waals surface area (Å²) in [6.45, 7) is 1.78. The van der Waals surface area contributed by atoms with E-state index in [1.807, 2.05) is 12.1 Å². The van der Waals surface area contributed by atoms with Gasteiger partial charge in [0.15, 0.2) is 5.13 Å². The molecule has 1 aromatic heterocycles. The summed E-state index contributed by atoms with van der Waals surface area (Å²) in [5.74, 6) is 0.436. The van der Waals surface area contributed by atoms with Gasteiger partial charge in [0.25, 0.3) is 10.0 Å². The number of amides is 1. The lowest BCUT2D eigenvalue weighted by atomic mass is 9.84. The van der Waals surface area contributed by atoms with Crippen molar-refractivity contribution in [2.45, 2.75) is 56.3 Å². The molecule has 1 fully saturated rings. The van der Waals surface area contributed by atoms with Crippen molar-refractivity contribution in [1.82, 2.24) is 4.98 Å². The van der Waals surface area contributed by atoms with E-state index in [-0.39, 0.29) is 10.8 Å². The molecule has 0 saturated heterocycles. The van der Waals surface area contributed by atoms with Crippen molar-refractivity contribution in [2.24, 2.45) is 0 Å². The number of thiazole rings is 1. The minimum Gasteiger partial charge on any atom is -0.302 e. The number of benzene rings is 2. The number of hydrogen-bond donors (Lipinski definition) is 2. The van der Waals surface area contributed by atoms with Gasteiger partial charge in [-0.25, -0.2) is 13.4 Å². The molecular weight excluding hydrogens is 418 g/mol. The van der Waals surface area contributed by atoms with E-state index in [1.54, 1.807) is 37.3 Å². The molecule has 1 saturated carbocycles. The minimum absolute atomic E-state index is 0.105. The minimum atomic E-state index is -3.68. The summed E-state index contributed by atoms with van der Waals surface area (Å²) in [6, 6.07) is 12.4. The summed E-state index contributed by atoms with van der Waals surface area (Å²) < 4.78 is 29.1. The van der Waals surface area contributed by atoms with Crippen LogP contribution < -0.4 is 10.0 Å². The van der Waals surface area contributed by atoms with Gasteiger partial charge in [0, 0.05) is 6.42 Å². The van der Waals surface area contributed by atoms with Crippen molar-refractivity contribution < 1.29 is 13.2 Å². The van der Waals surface area contributed by atoms with Crippen molar-refractivity contribution in [3.63, 3.8) is 0 Å². The third-order valence-corrected chi connectivity index (χ3v) is 7.81. The quantitative estimate of drug-likeness (QED) is 0.527. The zero-order valence-corrected chi connectivity index (χ0v) is 18.5. The molecule has 2 N–H and O–H groups in total. The fourth-order valence-corrected chi connectivity index (χ4v) is 5.79. The van der Waals surface area contributed by atoms with Gasteiger partial charge in [-0.3, -0.25) is 9.52 Å². The fourth-order valence-electron chi connectivity index (χ4n) is 3.82. The summed E-state index contributed by atoms with van der Waals surface area (Å²) in [6.07, 6.45) is 6.52. The van der Waals surface area contributed by atoms with Gasteiger partial charge < -0.3 is 5.32 Å². The Morgan fingerprint density at radius 2 is 1.83 bits per heavy atom. The first-order valence-corrected chi connectivity index (χ1v) is 12.6. The largest absolute Gasteiger partial charge is 0.302 e. The average Bonchev–Trinajstić information content (AvgIpc) is 3.15. The lowest BCUT2D eigenvalue weighted by Crippen LogP contribution is -2.13. The van der Waals surface area contributed by atoms with Crippen molar-refractivity contribution >= 4 is 48.3 Å². The van der Waals surface area contributed by atoms with Gasteiger partial charge in [-0.15, -0.1) is 0 Å². The van der Waals surface area contributed by atoms with Gasteiger partial charge in [-0.1, -0.05) is 49.7 Å². The Bertz CT molecular complexity index is 1150. The molecule has 3 aromatic rings. The number of nitrogens with one attached hydrogen (secondary N) is 2. The number of sulfonamides is 1. The first-order chi connectivity index (χ1) is 14.4. The van der Waals surface area contributed by atoms with Crippen molar-refractivity contribution in [2.75, 3.05) is 10.0 Å². The Balaban J connectivity index is 1.50. The van der Waals surface area contributed by atoms with Crippen LogP contribution in [0.2, 0.25) is 0 Å². The third kappa shape index (κ3) is 4.65. The number of hydrogen-bond acceptors (Lipinski definition) is 5. The Hall–Kier alpha value is -2.45. The number of anilines is 2. The molecule has 0 aliphatic heterocycles. The molecule has 1 heterocycles. The highest BCUT2D eigenvalue weighted by Gasteiger charge is 2.18. The number of nitrogens with zero attached hydrogens (tertiary/aromatic N) is 1. The van der Waals surface area contributed by atoms with Crippen LogP contribution in [0.25, 0.3) is 10.2 Å². The molecule has 0 unspecified atom stereocenters. The van der Waals surface area contributed by atoms with E-state index in [2.05, 4.69) is 15.0 Å².